The Hall–Kier alpha value is -3.40. The summed E-state index contributed by atoms with van der Waals surface area (Å²) in [5, 5.41) is 18.5. The Morgan fingerprint density at radius 3 is 1.83 bits per heavy atom. The molecule has 1 aromatic heterocycles. The predicted octanol–water partition coefficient (Wildman–Crippen LogP) is 7.89. The van der Waals surface area contributed by atoms with E-state index in [0.717, 1.165) is 22.3 Å². The van der Waals surface area contributed by atoms with Gasteiger partial charge < -0.3 is 10.2 Å². The highest BCUT2D eigenvalue weighted by Gasteiger charge is 2.69. The Morgan fingerprint density at radius 2 is 1.39 bits per heavy atom. The maximum Gasteiger partial charge on any atom is 0.426 e. The molecule has 0 bridgehead atoms. The fourth-order valence-corrected chi connectivity index (χ4v) is 5.38. The summed E-state index contributed by atoms with van der Waals surface area (Å²) >= 11 is 0. The van der Waals surface area contributed by atoms with Gasteiger partial charge in [0, 0.05) is 17.2 Å². The molecule has 0 spiro atoms. The highest BCUT2D eigenvalue weighted by molar-refractivity contribution is 5.71. The molecule has 3 aromatic rings. The van der Waals surface area contributed by atoms with Crippen molar-refractivity contribution < 1.29 is 41.4 Å². The molecule has 0 saturated heterocycles. The topological polar surface area (TPSA) is 70.4 Å². The number of aliphatic hydroxyl groups is 1. The van der Waals surface area contributed by atoms with Gasteiger partial charge in [0.15, 0.2) is 0 Å². The van der Waals surface area contributed by atoms with Crippen LogP contribution in [0.1, 0.15) is 66.5 Å². The molecular formula is C31H33F6NO3. The number of rotatable bonds is 10. The summed E-state index contributed by atoms with van der Waals surface area (Å²) in [4.78, 5) is 15.4. The number of aliphatic carboxylic acids is 1. The average Bonchev–Trinajstić information content (AvgIpc) is 2.88. The zero-order valence-electron chi connectivity index (χ0n) is 23.2. The zero-order valence-corrected chi connectivity index (χ0v) is 23.2. The largest absolute Gasteiger partial charge is 0.481 e. The molecule has 0 radical (unpaired) electrons. The van der Waals surface area contributed by atoms with E-state index in [9.17, 15) is 36.2 Å². The average molecular weight is 582 g/mol. The first-order valence-electron chi connectivity index (χ1n) is 13.2. The molecule has 0 unspecified atom stereocenters. The van der Waals surface area contributed by atoms with Crippen LogP contribution in [0.15, 0.2) is 54.7 Å². The van der Waals surface area contributed by atoms with Gasteiger partial charge in [-0.3, -0.25) is 9.78 Å². The van der Waals surface area contributed by atoms with Gasteiger partial charge in [0.25, 0.3) is 5.60 Å². The van der Waals surface area contributed by atoms with Crippen LogP contribution in [0, 0.1) is 13.8 Å². The molecule has 0 aliphatic carbocycles. The van der Waals surface area contributed by atoms with Crippen LogP contribution in [-0.4, -0.2) is 39.1 Å². The summed E-state index contributed by atoms with van der Waals surface area (Å²) in [5.41, 5.74) is 0.577. The van der Waals surface area contributed by atoms with E-state index in [0.29, 0.717) is 35.2 Å². The monoisotopic (exact) mass is 581 g/mol. The molecular weight excluding hydrogens is 548 g/mol. The SMILES string of the molecule is CCC(CC)(c1ccc(CCC(O)(C(F)(F)F)C(F)(F)F)c(C)c1)c1ccc(-c2ccc(CC(=O)O)cn2)c(C)c1. The van der Waals surface area contributed by atoms with Crippen molar-refractivity contribution >= 4 is 5.97 Å². The maximum absolute atomic E-state index is 13.1. The van der Waals surface area contributed by atoms with Gasteiger partial charge in [-0.1, -0.05) is 56.3 Å². The highest BCUT2D eigenvalue weighted by atomic mass is 19.4. The van der Waals surface area contributed by atoms with Crippen LogP contribution < -0.4 is 0 Å². The minimum absolute atomic E-state index is 0.121. The second-order valence-corrected chi connectivity index (χ2v) is 10.4. The van der Waals surface area contributed by atoms with Crippen molar-refractivity contribution in [2.75, 3.05) is 0 Å². The van der Waals surface area contributed by atoms with E-state index in [4.69, 9.17) is 5.11 Å². The molecule has 0 aliphatic rings. The first-order chi connectivity index (χ1) is 19.0. The van der Waals surface area contributed by atoms with Gasteiger partial charge in [-0.05, 0) is 79.0 Å². The molecule has 0 saturated carbocycles. The second kappa shape index (κ2) is 11.8. The third-order valence-electron chi connectivity index (χ3n) is 8.03. The van der Waals surface area contributed by atoms with Crippen molar-refractivity contribution in [1.29, 1.82) is 0 Å². The number of carboxylic acids is 1. The highest BCUT2D eigenvalue weighted by Crippen LogP contribution is 2.46. The number of alkyl halides is 6. The molecule has 3 rings (SSSR count). The minimum atomic E-state index is -5.85. The van der Waals surface area contributed by atoms with Gasteiger partial charge in [-0.25, -0.2) is 0 Å². The summed E-state index contributed by atoms with van der Waals surface area (Å²) in [6.07, 6.45) is -11.0. The van der Waals surface area contributed by atoms with Gasteiger partial charge >= 0.3 is 18.3 Å². The van der Waals surface area contributed by atoms with Crippen LogP contribution in [0.3, 0.4) is 0 Å². The maximum atomic E-state index is 13.1. The summed E-state index contributed by atoms with van der Waals surface area (Å²) in [6, 6.07) is 14.6. The molecule has 0 amide bonds. The standard InChI is InChI=1S/C31H33F6NO3/c1-5-28(6-2,24-10-11-25(20(4)16-24)26-12-7-21(18-38-26)17-27(39)40)23-9-8-22(19(3)15-23)13-14-29(41,30(32,33)34)31(35,36)37/h7-12,15-16,18,41H,5-6,13-14,17H2,1-4H3,(H,39,40). The number of hydrogen-bond acceptors (Lipinski definition) is 3. The van der Waals surface area contributed by atoms with E-state index in [1.807, 2.05) is 39.0 Å². The molecule has 0 fully saturated rings. The normalized spacial score (nSPS) is 13.0. The van der Waals surface area contributed by atoms with E-state index in [-0.39, 0.29) is 6.42 Å². The van der Waals surface area contributed by atoms with Gasteiger partial charge in [0.1, 0.15) is 0 Å². The Balaban J connectivity index is 1.93. The number of aryl methyl sites for hydroxylation is 3. The molecule has 0 aliphatic heterocycles. The number of nitrogens with zero attached hydrogens (tertiary/aromatic N) is 1. The summed E-state index contributed by atoms with van der Waals surface area (Å²) in [6.45, 7) is 7.62. The fraction of sp³-hybridized carbons (Fsp3) is 0.419. The number of halogens is 6. The van der Waals surface area contributed by atoms with Crippen LogP contribution >= 0.6 is 0 Å². The van der Waals surface area contributed by atoms with Gasteiger partial charge in [0.05, 0.1) is 12.1 Å². The molecule has 0 atom stereocenters. The van der Waals surface area contributed by atoms with E-state index >= 15 is 0 Å². The van der Waals surface area contributed by atoms with E-state index < -0.39 is 42.2 Å². The lowest BCUT2D eigenvalue weighted by molar-refractivity contribution is -0.369. The van der Waals surface area contributed by atoms with E-state index in [1.54, 1.807) is 37.3 Å². The third kappa shape index (κ3) is 6.42. The Kier molecular flexibility index (Phi) is 9.27. The lowest BCUT2D eigenvalue weighted by Gasteiger charge is -2.35. The van der Waals surface area contributed by atoms with Crippen molar-refractivity contribution in [2.45, 2.75) is 83.2 Å². The molecule has 222 valence electrons. The van der Waals surface area contributed by atoms with Crippen LogP contribution in [0.4, 0.5) is 26.3 Å². The third-order valence-corrected chi connectivity index (χ3v) is 8.03. The Labute approximate surface area is 235 Å². The molecule has 41 heavy (non-hydrogen) atoms. The lowest BCUT2D eigenvalue weighted by Crippen LogP contribution is -2.57. The van der Waals surface area contributed by atoms with Crippen LogP contribution in [0.25, 0.3) is 11.3 Å². The summed E-state index contributed by atoms with van der Waals surface area (Å²) < 4.78 is 78.8. The van der Waals surface area contributed by atoms with Gasteiger partial charge in [-0.15, -0.1) is 0 Å². The number of hydrogen-bond donors (Lipinski definition) is 2. The van der Waals surface area contributed by atoms with Gasteiger partial charge in [-0.2, -0.15) is 26.3 Å². The molecule has 2 N–H and O–H groups in total. The van der Waals surface area contributed by atoms with Crippen LogP contribution in [0.2, 0.25) is 0 Å². The van der Waals surface area contributed by atoms with Crippen molar-refractivity contribution in [1.82, 2.24) is 4.98 Å². The zero-order chi connectivity index (χ0) is 30.8. The quantitative estimate of drug-likeness (QED) is 0.239. The second-order valence-electron chi connectivity index (χ2n) is 10.4. The van der Waals surface area contributed by atoms with Crippen LogP contribution in [-0.2, 0) is 23.1 Å². The Bertz CT molecular complexity index is 1360. The Morgan fingerprint density at radius 1 is 0.829 bits per heavy atom. The molecule has 4 nitrogen and oxygen atoms in total. The van der Waals surface area contributed by atoms with Crippen molar-refractivity contribution in [2.24, 2.45) is 0 Å². The number of carboxylic acid groups (broad SMARTS) is 1. The lowest BCUT2D eigenvalue weighted by atomic mass is 9.69. The number of benzene rings is 2. The summed E-state index contributed by atoms with van der Waals surface area (Å²) in [5.74, 6) is -0.942. The number of carbonyl (C=O) groups is 1. The molecule has 2 aromatic carbocycles. The first kappa shape index (κ1) is 32.1. The first-order valence-corrected chi connectivity index (χ1v) is 13.2. The molecule has 1 heterocycles. The number of pyridine rings is 1. The van der Waals surface area contributed by atoms with E-state index in [2.05, 4.69) is 4.98 Å². The van der Waals surface area contributed by atoms with Crippen molar-refractivity contribution in [3.63, 3.8) is 0 Å². The minimum Gasteiger partial charge on any atom is -0.481 e. The summed E-state index contributed by atoms with van der Waals surface area (Å²) in [7, 11) is 0. The smallest absolute Gasteiger partial charge is 0.426 e. The van der Waals surface area contributed by atoms with Crippen LogP contribution in [0.5, 0.6) is 0 Å². The number of aromatic nitrogens is 1. The van der Waals surface area contributed by atoms with Crippen molar-refractivity contribution in [3.8, 4) is 11.3 Å². The van der Waals surface area contributed by atoms with E-state index in [1.165, 1.54) is 6.20 Å². The predicted molar refractivity (Wildman–Crippen MR) is 144 cm³/mol. The molecule has 10 heteroatoms. The fourth-order valence-electron chi connectivity index (χ4n) is 5.38. The van der Waals surface area contributed by atoms with Crippen molar-refractivity contribution in [3.05, 3.63) is 88.1 Å². The van der Waals surface area contributed by atoms with Gasteiger partial charge in [0.2, 0.25) is 0 Å².